The lowest BCUT2D eigenvalue weighted by Crippen LogP contribution is -2.08. The molecule has 4 heteroatoms. The largest absolute Gasteiger partial charge is 0.395 e. The molecule has 0 aliphatic heterocycles. The number of aliphatic hydroxyl groups excluding tert-OH is 1. The molecular weight excluding hydrogens is 238 g/mol. The third kappa shape index (κ3) is 3.09. The van der Waals surface area contributed by atoms with Crippen molar-refractivity contribution in [1.82, 2.24) is 9.97 Å². The molecule has 0 aliphatic rings. The van der Waals surface area contributed by atoms with Crippen LogP contribution in [0.5, 0.6) is 0 Å². The highest BCUT2D eigenvalue weighted by Crippen LogP contribution is 2.25. The Bertz CT molecular complexity index is 564. The first-order valence-electron chi connectivity index (χ1n) is 6.37. The van der Waals surface area contributed by atoms with E-state index >= 15 is 0 Å². The number of nitrogens with one attached hydrogen (secondary N) is 1. The number of nitrogens with zero attached hydrogens (tertiary/aromatic N) is 2. The van der Waals surface area contributed by atoms with Gasteiger partial charge in [-0.05, 0) is 43.0 Å². The Balaban J connectivity index is 2.29. The van der Waals surface area contributed by atoms with Crippen molar-refractivity contribution < 1.29 is 5.11 Å². The fraction of sp³-hybridized carbons (Fsp3) is 0.333. The van der Waals surface area contributed by atoms with E-state index in [9.17, 15) is 0 Å². The molecule has 0 saturated heterocycles. The van der Waals surface area contributed by atoms with Gasteiger partial charge in [0.25, 0.3) is 0 Å². The van der Waals surface area contributed by atoms with Gasteiger partial charge in [0.05, 0.1) is 6.61 Å². The summed E-state index contributed by atoms with van der Waals surface area (Å²) >= 11 is 0. The summed E-state index contributed by atoms with van der Waals surface area (Å²) in [5, 5.41) is 11.7. The summed E-state index contributed by atoms with van der Waals surface area (Å²) in [7, 11) is 0. The van der Waals surface area contributed by atoms with Gasteiger partial charge < -0.3 is 10.4 Å². The van der Waals surface area contributed by atoms with Crippen molar-refractivity contribution in [3.8, 4) is 11.1 Å². The monoisotopic (exact) mass is 257 g/mol. The predicted octanol–water partition coefficient (Wildman–Crippen LogP) is 2.47. The van der Waals surface area contributed by atoms with E-state index in [0.717, 1.165) is 11.1 Å². The van der Waals surface area contributed by atoms with Crippen LogP contribution >= 0.6 is 0 Å². The number of aryl methyl sites for hydroxylation is 3. The molecule has 0 atom stereocenters. The van der Waals surface area contributed by atoms with Crippen LogP contribution in [0.3, 0.4) is 0 Å². The predicted molar refractivity (Wildman–Crippen MR) is 77.3 cm³/mol. The molecular formula is C15H19N3O. The zero-order chi connectivity index (χ0) is 13.8. The first-order valence-corrected chi connectivity index (χ1v) is 6.37. The Morgan fingerprint density at radius 3 is 2.26 bits per heavy atom. The SMILES string of the molecule is Cc1cc(C)c(-c2cnc(NCCO)nc2)cc1C. The average molecular weight is 257 g/mol. The van der Waals surface area contributed by atoms with E-state index in [4.69, 9.17) is 5.11 Å². The second kappa shape index (κ2) is 5.80. The molecule has 2 aromatic rings. The van der Waals surface area contributed by atoms with Gasteiger partial charge in [-0.15, -0.1) is 0 Å². The highest BCUT2D eigenvalue weighted by Gasteiger charge is 2.06. The van der Waals surface area contributed by atoms with Crippen molar-refractivity contribution >= 4 is 5.95 Å². The maximum absolute atomic E-state index is 8.74. The number of aromatic nitrogens is 2. The van der Waals surface area contributed by atoms with Gasteiger partial charge in [-0.2, -0.15) is 0 Å². The lowest BCUT2D eigenvalue weighted by atomic mass is 9.97. The van der Waals surface area contributed by atoms with Gasteiger partial charge in [0, 0.05) is 24.5 Å². The minimum atomic E-state index is 0.0708. The van der Waals surface area contributed by atoms with Gasteiger partial charge in [-0.25, -0.2) is 9.97 Å². The van der Waals surface area contributed by atoms with Crippen LogP contribution < -0.4 is 5.32 Å². The van der Waals surface area contributed by atoms with Crippen LogP contribution in [0.15, 0.2) is 24.5 Å². The number of hydrogen-bond donors (Lipinski definition) is 2. The lowest BCUT2D eigenvalue weighted by molar-refractivity contribution is 0.311. The van der Waals surface area contributed by atoms with Crippen molar-refractivity contribution in [2.45, 2.75) is 20.8 Å². The first-order chi connectivity index (χ1) is 9.11. The van der Waals surface area contributed by atoms with E-state index in [0.29, 0.717) is 12.5 Å². The lowest BCUT2D eigenvalue weighted by Gasteiger charge is -2.10. The smallest absolute Gasteiger partial charge is 0.222 e. The Hall–Kier alpha value is -1.94. The fourth-order valence-corrected chi connectivity index (χ4v) is 2.00. The molecule has 100 valence electrons. The van der Waals surface area contributed by atoms with Crippen molar-refractivity contribution in [2.24, 2.45) is 0 Å². The summed E-state index contributed by atoms with van der Waals surface area (Å²) in [5.41, 5.74) is 5.96. The number of rotatable bonds is 4. The molecule has 0 saturated carbocycles. The van der Waals surface area contributed by atoms with E-state index in [2.05, 4.69) is 48.2 Å². The standard InChI is InChI=1S/C15H19N3O/c1-10-6-12(3)14(7-11(10)2)13-8-17-15(18-9-13)16-4-5-19/h6-9,19H,4-5H2,1-3H3,(H,16,17,18). The molecule has 0 fully saturated rings. The molecule has 0 amide bonds. The Kier molecular flexibility index (Phi) is 4.12. The van der Waals surface area contributed by atoms with Crippen LogP contribution in [0, 0.1) is 20.8 Å². The van der Waals surface area contributed by atoms with Crippen LogP contribution in [0.25, 0.3) is 11.1 Å². The number of aliphatic hydroxyl groups is 1. The molecule has 1 heterocycles. The highest BCUT2D eigenvalue weighted by atomic mass is 16.3. The quantitative estimate of drug-likeness (QED) is 0.883. The fourth-order valence-electron chi connectivity index (χ4n) is 2.00. The number of benzene rings is 1. The van der Waals surface area contributed by atoms with Crippen molar-refractivity contribution in [1.29, 1.82) is 0 Å². The first kappa shape index (κ1) is 13.5. The molecule has 0 aliphatic carbocycles. The highest BCUT2D eigenvalue weighted by molar-refractivity contribution is 5.67. The van der Waals surface area contributed by atoms with Gasteiger partial charge in [0.1, 0.15) is 0 Å². The molecule has 0 bridgehead atoms. The van der Waals surface area contributed by atoms with Crippen LogP contribution in [0.1, 0.15) is 16.7 Å². The van der Waals surface area contributed by atoms with E-state index < -0.39 is 0 Å². The van der Waals surface area contributed by atoms with Gasteiger partial charge >= 0.3 is 0 Å². The Labute approximate surface area is 113 Å². The third-order valence-electron chi connectivity index (χ3n) is 3.20. The number of anilines is 1. The van der Waals surface area contributed by atoms with Gasteiger partial charge in [0.15, 0.2) is 0 Å². The molecule has 2 N–H and O–H groups in total. The summed E-state index contributed by atoms with van der Waals surface area (Å²) in [6, 6.07) is 4.35. The topological polar surface area (TPSA) is 58.0 Å². The van der Waals surface area contributed by atoms with Crippen LogP contribution in [-0.2, 0) is 0 Å². The van der Waals surface area contributed by atoms with Crippen LogP contribution in [0.2, 0.25) is 0 Å². The second-order valence-corrected chi connectivity index (χ2v) is 4.70. The van der Waals surface area contributed by atoms with Gasteiger partial charge in [-0.3, -0.25) is 0 Å². The summed E-state index contributed by atoms with van der Waals surface area (Å²) in [6.45, 7) is 6.85. The van der Waals surface area contributed by atoms with Crippen LogP contribution in [-0.4, -0.2) is 28.2 Å². The number of hydrogen-bond acceptors (Lipinski definition) is 4. The molecule has 1 aromatic carbocycles. The minimum Gasteiger partial charge on any atom is -0.395 e. The zero-order valence-corrected chi connectivity index (χ0v) is 11.6. The molecule has 0 radical (unpaired) electrons. The molecule has 19 heavy (non-hydrogen) atoms. The summed E-state index contributed by atoms with van der Waals surface area (Å²) in [5.74, 6) is 0.541. The molecule has 2 rings (SSSR count). The Morgan fingerprint density at radius 2 is 1.63 bits per heavy atom. The normalized spacial score (nSPS) is 10.5. The van der Waals surface area contributed by atoms with Gasteiger partial charge in [0.2, 0.25) is 5.95 Å². The molecule has 0 spiro atoms. The minimum absolute atomic E-state index is 0.0708. The summed E-state index contributed by atoms with van der Waals surface area (Å²) < 4.78 is 0. The molecule has 0 unspecified atom stereocenters. The zero-order valence-electron chi connectivity index (χ0n) is 11.6. The average Bonchev–Trinajstić information content (AvgIpc) is 2.41. The van der Waals surface area contributed by atoms with Crippen molar-refractivity contribution in [3.63, 3.8) is 0 Å². The second-order valence-electron chi connectivity index (χ2n) is 4.70. The van der Waals surface area contributed by atoms with Crippen molar-refractivity contribution in [2.75, 3.05) is 18.5 Å². The summed E-state index contributed by atoms with van der Waals surface area (Å²) in [6.07, 6.45) is 3.62. The third-order valence-corrected chi connectivity index (χ3v) is 3.20. The molecule has 4 nitrogen and oxygen atoms in total. The maximum atomic E-state index is 8.74. The van der Waals surface area contributed by atoms with Crippen LogP contribution in [0.4, 0.5) is 5.95 Å². The maximum Gasteiger partial charge on any atom is 0.222 e. The molecule has 1 aromatic heterocycles. The van der Waals surface area contributed by atoms with E-state index in [1.54, 1.807) is 0 Å². The van der Waals surface area contributed by atoms with Crippen molar-refractivity contribution in [3.05, 3.63) is 41.2 Å². The Morgan fingerprint density at radius 1 is 1.00 bits per heavy atom. The van der Waals surface area contributed by atoms with E-state index in [1.165, 1.54) is 16.7 Å². The van der Waals surface area contributed by atoms with E-state index in [-0.39, 0.29) is 6.61 Å². The van der Waals surface area contributed by atoms with E-state index in [1.807, 2.05) is 12.4 Å². The summed E-state index contributed by atoms with van der Waals surface area (Å²) in [4.78, 5) is 8.50. The van der Waals surface area contributed by atoms with Gasteiger partial charge in [-0.1, -0.05) is 12.1 Å².